The number of rotatable bonds is 10. The molecular formula is C29H32ClN3O4S. The first kappa shape index (κ1) is 27.9. The zero-order valence-electron chi connectivity index (χ0n) is 21.3. The smallest absolute Gasteiger partial charge is 0.241 e. The largest absolute Gasteiger partial charge is 0.495 e. The lowest BCUT2D eigenvalue weighted by Gasteiger charge is -2.36. The van der Waals surface area contributed by atoms with E-state index in [2.05, 4.69) is 33.9 Å². The van der Waals surface area contributed by atoms with E-state index in [0.29, 0.717) is 31.9 Å². The van der Waals surface area contributed by atoms with Crippen LogP contribution in [-0.4, -0.2) is 70.0 Å². The summed E-state index contributed by atoms with van der Waals surface area (Å²) in [6.45, 7) is 3.27. The Labute approximate surface area is 229 Å². The maximum Gasteiger partial charge on any atom is 0.241 e. The molecule has 7 nitrogen and oxygen atoms in total. The maximum atomic E-state index is 13.6. The van der Waals surface area contributed by atoms with Crippen LogP contribution in [0.5, 0.6) is 5.75 Å². The normalized spacial score (nSPS) is 15.5. The molecule has 1 fully saturated rings. The predicted molar refractivity (Wildman–Crippen MR) is 151 cm³/mol. The molecule has 0 aliphatic carbocycles. The molecule has 0 radical (unpaired) electrons. The van der Waals surface area contributed by atoms with Crippen molar-refractivity contribution in [2.75, 3.05) is 39.8 Å². The highest BCUT2D eigenvalue weighted by Crippen LogP contribution is 2.27. The lowest BCUT2D eigenvalue weighted by atomic mass is 10.1. The molecule has 1 heterocycles. The molecule has 3 aromatic rings. The Kier molecular flexibility index (Phi) is 9.58. The van der Waals surface area contributed by atoms with Gasteiger partial charge >= 0.3 is 0 Å². The van der Waals surface area contributed by atoms with Crippen molar-refractivity contribution in [1.82, 2.24) is 14.5 Å². The van der Waals surface area contributed by atoms with Crippen molar-refractivity contribution >= 4 is 33.6 Å². The van der Waals surface area contributed by atoms with Crippen LogP contribution in [0.2, 0.25) is 5.02 Å². The average Bonchev–Trinajstić information content (AvgIpc) is 2.94. The summed E-state index contributed by atoms with van der Waals surface area (Å²) in [7, 11) is -2.56. The van der Waals surface area contributed by atoms with E-state index in [1.165, 1.54) is 25.3 Å². The van der Waals surface area contributed by atoms with Crippen LogP contribution in [0.15, 0.2) is 89.8 Å². The number of ether oxygens (including phenoxy) is 1. The molecule has 0 saturated carbocycles. The fraction of sp³-hybridized carbons (Fsp3) is 0.276. The Balaban J connectivity index is 1.43. The first-order valence-corrected chi connectivity index (χ1v) is 14.3. The van der Waals surface area contributed by atoms with Gasteiger partial charge in [0.05, 0.1) is 17.0 Å². The van der Waals surface area contributed by atoms with Crippen LogP contribution >= 0.6 is 11.6 Å². The molecule has 3 aromatic carbocycles. The van der Waals surface area contributed by atoms with Crippen LogP contribution in [0.3, 0.4) is 0 Å². The molecule has 1 saturated heterocycles. The van der Waals surface area contributed by atoms with Gasteiger partial charge in [-0.15, -0.1) is 0 Å². The lowest BCUT2D eigenvalue weighted by molar-refractivity contribution is -0.134. The molecule has 0 aromatic heterocycles. The van der Waals surface area contributed by atoms with E-state index in [0.717, 1.165) is 17.7 Å². The van der Waals surface area contributed by atoms with Crippen molar-refractivity contribution in [2.24, 2.45) is 0 Å². The second-order valence-corrected chi connectivity index (χ2v) is 11.2. The third kappa shape index (κ3) is 7.45. The Morgan fingerprint density at radius 1 is 1.00 bits per heavy atom. The Morgan fingerprint density at radius 3 is 2.29 bits per heavy atom. The van der Waals surface area contributed by atoms with Gasteiger partial charge in [0, 0.05) is 32.7 Å². The van der Waals surface area contributed by atoms with E-state index >= 15 is 0 Å². The summed E-state index contributed by atoms with van der Waals surface area (Å²) in [5.41, 5.74) is 2.02. The van der Waals surface area contributed by atoms with E-state index in [4.69, 9.17) is 16.3 Å². The number of amides is 1. The van der Waals surface area contributed by atoms with Crippen molar-refractivity contribution in [3.8, 4) is 5.75 Å². The molecule has 38 heavy (non-hydrogen) atoms. The second kappa shape index (κ2) is 13.1. The van der Waals surface area contributed by atoms with Gasteiger partial charge in [0.2, 0.25) is 15.9 Å². The molecule has 1 atom stereocenters. The third-order valence-electron chi connectivity index (χ3n) is 6.47. The lowest BCUT2D eigenvalue weighted by Crippen LogP contribution is -2.55. The Hall–Kier alpha value is -3.17. The molecular weight excluding hydrogens is 522 g/mol. The monoisotopic (exact) mass is 553 g/mol. The van der Waals surface area contributed by atoms with Gasteiger partial charge in [-0.2, -0.15) is 4.72 Å². The number of carbonyl (C=O) groups is 1. The molecule has 1 aliphatic rings. The topological polar surface area (TPSA) is 78.9 Å². The summed E-state index contributed by atoms with van der Waals surface area (Å²) in [6, 6.07) is 22.8. The molecule has 1 amide bonds. The quantitative estimate of drug-likeness (QED) is 0.409. The van der Waals surface area contributed by atoms with Crippen molar-refractivity contribution in [3.63, 3.8) is 0 Å². The van der Waals surface area contributed by atoms with Crippen LogP contribution in [0.25, 0.3) is 6.08 Å². The summed E-state index contributed by atoms with van der Waals surface area (Å²) in [6.07, 6.45) is 4.45. The molecule has 1 aliphatic heterocycles. The molecule has 1 N–H and O–H groups in total. The number of sulfonamides is 1. The van der Waals surface area contributed by atoms with Crippen LogP contribution in [0.4, 0.5) is 0 Å². The van der Waals surface area contributed by atoms with Gasteiger partial charge in [-0.1, -0.05) is 84.4 Å². The molecule has 4 rings (SSSR count). The van der Waals surface area contributed by atoms with Crippen molar-refractivity contribution in [2.45, 2.75) is 17.4 Å². The predicted octanol–water partition coefficient (Wildman–Crippen LogP) is 4.10. The number of nitrogens with one attached hydrogen (secondary N) is 1. The van der Waals surface area contributed by atoms with E-state index in [1.54, 1.807) is 4.90 Å². The van der Waals surface area contributed by atoms with E-state index in [9.17, 15) is 13.2 Å². The molecule has 9 heteroatoms. The third-order valence-corrected chi connectivity index (χ3v) is 8.23. The fourth-order valence-electron chi connectivity index (χ4n) is 4.37. The van der Waals surface area contributed by atoms with Gasteiger partial charge in [-0.3, -0.25) is 9.69 Å². The number of methoxy groups -OCH3 is 1. The van der Waals surface area contributed by atoms with Gasteiger partial charge in [-0.25, -0.2) is 8.42 Å². The molecule has 0 spiro atoms. The first-order valence-electron chi connectivity index (χ1n) is 12.5. The van der Waals surface area contributed by atoms with E-state index < -0.39 is 16.1 Å². The summed E-state index contributed by atoms with van der Waals surface area (Å²) in [5, 5.41) is 0.179. The van der Waals surface area contributed by atoms with Crippen molar-refractivity contribution < 1.29 is 17.9 Å². The molecule has 0 unspecified atom stereocenters. The van der Waals surface area contributed by atoms with Gasteiger partial charge in [0.25, 0.3) is 0 Å². The van der Waals surface area contributed by atoms with Crippen molar-refractivity contribution in [3.05, 3.63) is 101 Å². The maximum absolute atomic E-state index is 13.6. The number of halogens is 1. The number of hydrogen-bond acceptors (Lipinski definition) is 5. The van der Waals surface area contributed by atoms with Crippen LogP contribution in [0, 0.1) is 0 Å². The summed E-state index contributed by atoms with van der Waals surface area (Å²) < 4.78 is 34.3. The SMILES string of the molecule is COc1ccc(S(=O)(=O)N[C@@H](Cc2ccccc2)C(=O)N2CCN(C/C=C/c3ccccc3)CC2)cc1Cl. The molecule has 0 bridgehead atoms. The number of hydrogen-bond donors (Lipinski definition) is 1. The van der Waals surface area contributed by atoms with Crippen LogP contribution in [0.1, 0.15) is 11.1 Å². The zero-order valence-corrected chi connectivity index (χ0v) is 22.9. The highest BCUT2D eigenvalue weighted by molar-refractivity contribution is 7.89. The van der Waals surface area contributed by atoms with Gasteiger partial charge in [0.1, 0.15) is 11.8 Å². The van der Waals surface area contributed by atoms with Gasteiger partial charge in [0.15, 0.2) is 0 Å². The number of nitrogens with zero attached hydrogens (tertiary/aromatic N) is 2. The Bertz CT molecular complexity index is 1340. The van der Waals surface area contributed by atoms with Gasteiger partial charge < -0.3 is 9.64 Å². The zero-order chi connectivity index (χ0) is 27.0. The summed E-state index contributed by atoms with van der Waals surface area (Å²) in [5.74, 6) is 0.135. The van der Waals surface area contributed by atoms with Crippen LogP contribution < -0.4 is 9.46 Å². The minimum atomic E-state index is -4.02. The first-order chi connectivity index (χ1) is 18.4. The van der Waals surface area contributed by atoms with E-state index in [1.807, 2.05) is 48.5 Å². The standard InChI is InChI=1S/C29H32ClN3O4S/c1-37-28-15-14-25(22-26(28)30)38(35,36)31-27(21-24-11-6-3-7-12-24)29(34)33-19-17-32(18-20-33)16-8-13-23-9-4-2-5-10-23/h2-15,22,27,31H,16-21H2,1H3/b13-8+/t27-/m0/s1. The van der Waals surface area contributed by atoms with Crippen LogP contribution in [-0.2, 0) is 21.2 Å². The van der Waals surface area contributed by atoms with Crippen molar-refractivity contribution in [1.29, 1.82) is 0 Å². The summed E-state index contributed by atoms with van der Waals surface area (Å²) in [4.78, 5) is 17.6. The highest BCUT2D eigenvalue weighted by atomic mass is 35.5. The number of benzene rings is 3. The Morgan fingerprint density at radius 2 is 1.66 bits per heavy atom. The number of piperazine rings is 1. The van der Waals surface area contributed by atoms with E-state index in [-0.39, 0.29) is 22.2 Å². The minimum Gasteiger partial charge on any atom is -0.495 e. The average molecular weight is 554 g/mol. The fourth-order valence-corrected chi connectivity index (χ4v) is 5.91. The minimum absolute atomic E-state index is 0.0239. The van der Waals surface area contributed by atoms with Gasteiger partial charge in [-0.05, 0) is 35.7 Å². The summed E-state index contributed by atoms with van der Waals surface area (Å²) >= 11 is 6.17. The number of carbonyl (C=O) groups excluding carboxylic acids is 1. The highest BCUT2D eigenvalue weighted by Gasteiger charge is 2.31. The second-order valence-electron chi connectivity index (χ2n) is 9.10. The molecule has 200 valence electrons.